The zero-order chi connectivity index (χ0) is 16.3. The van der Waals surface area contributed by atoms with Crippen molar-refractivity contribution >= 4 is 11.9 Å². The first-order valence-corrected chi connectivity index (χ1v) is 7.77. The fraction of sp³-hybridized carbons (Fsp3) is 0.529. The molecule has 3 amide bonds. The highest BCUT2D eigenvalue weighted by atomic mass is 16.2. The Morgan fingerprint density at radius 1 is 1.41 bits per heavy atom. The summed E-state index contributed by atoms with van der Waals surface area (Å²) >= 11 is 0. The van der Waals surface area contributed by atoms with Crippen molar-refractivity contribution in [3.63, 3.8) is 0 Å². The minimum absolute atomic E-state index is 0.00120. The summed E-state index contributed by atoms with van der Waals surface area (Å²) in [4.78, 5) is 26.5. The first-order chi connectivity index (χ1) is 10.4. The van der Waals surface area contributed by atoms with Crippen molar-refractivity contribution in [3.05, 3.63) is 36.6 Å². The minimum atomic E-state index is -0.285. The van der Waals surface area contributed by atoms with E-state index in [2.05, 4.69) is 23.8 Å². The number of hydrogen-bond donors (Lipinski definition) is 2. The average molecular weight is 303 g/mol. The van der Waals surface area contributed by atoms with Gasteiger partial charge in [0.05, 0.1) is 17.2 Å². The van der Waals surface area contributed by atoms with Gasteiger partial charge in [0.1, 0.15) is 0 Å². The van der Waals surface area contributed by atoms with Gasteiger partial charge in [0.2, 0.25) is 0 Å². The topological polar surface area (TPSA) is 61.4 Å². The van der Waals surface area contributed by atoms with Crippen molar-refractivity contribution in [2.24, 2.45) is 0 Å². The van der Waals surface area contributed by atoms with Gasteiger partial charge in [0, 0.05) is 12.2 Å². The third-order valence-electron chi connectivity index (χ3n) is 4.61. The molecule has 1 fully saturated rings. The Balaban J connectivity index is 2.34. The van der Waals surface area contributed by atoms with Crippen molar-refractivity contribution in [2.75, 3.05) is 6.54 Å². The van der Waals surface area contributed by atoms with Crippen LogP contribution in [-0.4, -0.2) is 35.0 Å². The number of amides is 3. The maximum absolute atomic E-state index is 13.1. The van der Waals surface area contributed by atoms with E-state index in [4.69, 9.17) is 0 Å². The number of carbonyl (C=O) groups excluding carboxylic acids is 2. The second-order valence-electron chi connectivity index (χ2n) is 6.13. The standard InChI is InChI=1S/C17H25N3O2/c1-5-8-17(9-6-2)10-7-11-20(17)15(21)14-12(3)18-16(22)19-13(14)4/h5-6,12H,1-2,7-11H2,3-4H3,(H2,18,19,22)/t12-/m0/s1. The van der Waals surface area contributed by atoms with Gasteiger partial charge in [0.15, 0.2) is 0 Å². The Hall–Kier alpha value is -2.04. The summed E-state index contributed by atoms with van der Waals surface area (Å²) in [6.07, 6.45) is 7.20. The highest BCUT2D eigenvalue weighted by molar-refractivity contribution is 5.98. The summed E-state index contributed by atoms with van der Waals surface area (Å²) in [6.45, 7) is 12.0. The number of carbonyl (C=O) groups is 2. The molecule has 1 saturated heterocycles. The molecule has 1 atom stereocenters. The van der Waals surface area contributed by atoms with Crippen LogP contribution in [0, 0.1) is 0 Å². The molecule has 22 heavy (non-hydrogen) atoms. The second kappa shape index (κ2) is 6.38. The summed E-state index contributed by atoms with van der Waals surface area (Å²) in [5, 5.41) is 5.46. The van der Waals surface area contributed by atoms with Crippen LogP contribution in [0.3, 0.4) is 0 Å². The highest BCUT2D eigenvalue weighted by Crippen LogP contribution is 2.38. The predicted octanol–water partition coefficient (Wildman–Crippen LogP) is 2.48. The van der Waals surface area contributed by atoms with Crippen LogP contribution in [0.25, 0.3) is 0 Å². The monoisotopic (exact) mass is 303 g/mol. The molecule has 0 radical (unpaired) electrons. The molecule has 0 aromatic rings. The van der Waals surface area contributed by atoms with Gasteiger partial charge in [0.25, 0.3) is 5.91 Å². The zero-order valence-corrected chi connectivity index (χ0v) is 13.4. The van der Waals surface area contributed by atoms with Crippen molar-refractivity contribution in [1.82, 2.24) is 15.5 Å². The van der Waals surface area contributed by atoms with E-state index in [0.29, 0.717) is 11.3 Å². The van der Waals surface area contributed by atoms with E-state index in [9.17, 15) is 9.59 Å². The average Bonchev–Trinajstić information content (AvgIpc) is 2.81. The molecule has 0 spiro atoms. The van der Waals surface area contributed by atoms with Crippen molar-refractivity contribution < 1.29 is 9.59 Å². The van der Waals surface area contributed by atoms with Crippen LogP contribution in [-0.2, 0) is 4.79 Å². The van der Waals surface area contributed by atoms with Gasteiger partial charge in [-0.05, 0) is 39.5 Å². The lowest BCUT2D eigenvalue weighted by Crippen LogP contribution is -2.54. The van der Waals surface area contributed by atoms with Crippen LogP contribution >= 0.6 is 0 Å². The smallest absolute Gasteiger partial charge is 0.319 e. The van der Waals surface area contributed by atoms with Gasteiger partial charge in [-0.25, -0.2) is 4.79 Å². The fourth-order valence-electron chi connectivity index (χ4n) is 3.66. The largest absolute Gasteiger partial charge is 0.333 e. The first kappa shape index (κ1) is 16.3. The number of rotatable bonds is 5. The number of hydrogen-bond acceptors (Lipinski definition) is 2. The molecule has 5 heteroatoms. The molecule has 0 saturated carbocycles. The lowest BCUT2D eigenvalue weighted by atomic mass is 9.87. The number of nitrogens with zero attached hydrogens (tertiary/aromatic N) is 1. The maximum Gasteiger partial charge on any atom is 0.319 e. The first-order valence-electron chi connectivity index (χ1n) is 7.77. The van der Waals surface area contributed by atoms with Crippen LogP contribution < -0.4 is 10.6 Å². The lowest BCUT2D eigenvalue weighted by molar-refractivity contribution is -0.131. The predicted molar refractivity (Wildman–Crippen MR) is 87.1 cm³/mol. The quantitative estimate of drug-likeness (QED) is 0.767. The normalized spacial score (nSPS) is 23.8. The van der Waals surface area contributed by atoms with E-state index >= 15 is 0 Å². The van der Waals surface area contributed by atoms with Crippen molar-refractivity contribution in [1.29, 1.82) is 0 Å². The van der Waals surface area contributed by atoms with Crippen LogP contribution in [0.15, 0.2) is 36.6 Å². The Bertz CT molecular complexity index is 526. The van der Waals surface area contributed by atoms with E-state index in [-0.39, 0.29) is 23.5 Å². The Kier molecular flexibility index (Phi) is 4.74. The molecule has 120 valence electrons. The van der Waals surface area contributed by atoms with Gasteiger partial charge >= 0.3 is 6.03 Å². The second-order valence-corrected chi connectivity index (χ2v) is 6.13. The molecule has 2 aliphatic heterocycles. The van der Waals surface area contributed by atoms with Gasteiger partial charge in [-0.2, -0.15) is 0 Å². The summed E-state index contributed by atoms with van der Waals surface area (Å²) in [5.74, 6) is -0.00120. The van der Waals surface area contributed by atoms with E-state index in [0.717, 1.165) is 32.2 Å². The van der Waals surface area contributed by atoms with Crippen molar-refractivity contribution in [2.45, 2.75) is 51.1 Å². The molecule has 0 unspecified atom stereocenters. The van der Waals surface area contributed by atoms with E-state index in [1.165, 1.54) is 0 Å². The SMILES string of the molecule is C=CCC1(CC=C)CCCN1C(=O)C1=C(C)NC(=O)N[C@H]1C. The number of urea groups is 1. The third-order valence-corrected chi connectivity index (χ3v) is 4.61. The Morgan fingerprint density at radius 3 is 2.59 bits per heavy atom. The molecular weight excluding hydrogens is 278 g/mol. The summed E-state index contributed by atoms with van der Waals surface area (Å²) in [5.41, 5.74) is 1.05. The van der Waals surface area contributed by atoms with E-state index < -0.39 is 0 Å². The fourth-order valence-corrected chi connectivity index (χ4v) is 3.66. The van der Waals surface area contributed by atoms with Crippen molar-refractivity contribution in [3.8, 4) is 0 Å². The van der Waals surface area contributed by atoms with E-state index in [1.807, 2.05) is 24.0 Å². The van der Waals surface area contributed by atoms with E-state index in [1.54, 1.807) is 6.92 Å². The Labute approximate surface area is 132 Å². The molecular formula is C17H25N3O2. The molecule has 5 nitrogen and oxygen atoms in total. The van der Waals surface area contributed by atoms with Gasteiger partial charge in [-0.15, -0.1) is 13.2 Å². The van der Waals surface area contributed by atoms with Gasteiger partial charge in [-0.3, -0.25) is 4.79 Å². The number of nitrogens with one attached hydrogen (secondary N) is 2. The molecule has 0 aromatic heterocycles. The third kappa shape index (κ3) is 2.80. The summed E-state index contributed by atoms with van der Waals surface area (Å²) < 4.78 is 0. The zero-order valence-electron chi connectivity index (χ0n) is 13.4. The molecule has 2 rings (SSSR count). The summed E-state index contributed by atoms with van der Waals surface area (Å²) in [7, 11) is 0. The highest BCUT2D eigenvalue weighted by Gasteiger charge is 2.44. The van der Waals surface area contributed by atoms with Crippen LogP contribution in [0.4, 0.5) is 4.79 Å². The minimum Gasteiger partial charge on any atom is -0.333 e. The van der Waals surface area contributed by atoms with Crippen LogP contribution in [0.2, 0.25) is 0 Å². The Morgan fingerprint density at radius 2 is 2.05 bits per heavy atom. The van der Waals surface area contributed by atoms with Gasteiger partial charge < -0.3 is 15.5 Å². The number of allylic oxidation sites excluding steroid dienone is 1. The molecule has 2 aliphatic rings. The maximum atomic E-state index is 13.1. The molecule has 2 heterocycles. The molecule has 0 bridgehead atoms. The summed E-state index contributed by atoms with van der Waals surface area (Å²) in [6, 6.07) is -0.543. The lowest BCUT2D eigenvalue weighted by Gasteiger charge is -2.39. The molecule has 0 aromatic carbocycles. The molecule has 2 N–H and O–H groups in total. The molecule has 0 aliphatic carbocycles. The van der Waals surface area contributed by atoms with Crippen LogP contribution in [0.5, 0.6) is 0 Å². The number of likely N-dealkylation sites (tertiary alicyclic amines) is 1. The van der Waals surface area contributed by atoms with Gasteiger partial charge in [-0.1, -0.05) is 12.2 Å². The van der Waals surface area contributed by atoms with Crippen LogP contribution in [0.1, 0.15) is 39.5 Å².